The zero-order valence-electron chi connectivity index (χ0n) is 1.81. The van der Waals surface area contributed by atoms with E-state index in [0.717, 1.165) is 0 Å². The summed E-state index contributed by atoms with van der Waals surface area (Å²) in [7, 11) is 0. The molecule has 0 aromatic heterocycles. The Hall–Kier alpha value is 1.79. The van der Waals surface area contributed by atoms with Gasteiger partial charge in [0.15, 0.2) is 0 Å². The second kappa shape index (κ2) is 41.5. The molecule has 4 heteroatoms. The van der Waals surface area contributed by atoms with E-state index in [1.54, 1.807) is 0 Å². The van der Waals surface area contributed by atoms with Crippen molar-refractivity contribution in [1.82, 2.24) is 0 Å². The average molecular weight is 182 g/mol. The van der Waals surface area contributed by atoms with Gasteiger partial charge in [-0.15, -0.1) is 0 Å². The first-order valence-corrected chi connectivity index (χ1v) is 0. The van der Waals surface area contributed by atoms with Gasteiger partial charge in [-0.05, 0) is 0 Å². The molecular formula is CH4AlFeMnSi. The van der Waals surface area contributed by atoms with E-state index in [1.165, 1.54) is 0 Å². The fraction of sp³-hybridized carbons (Fsp3) is 1.00. The minimum absolute atomic E-state index is 0. The Morgan fingerprint density at radius 1 is 1.00 bits per heavy atom. The largest absolute Gasteiger partial charge is 0.0776 e. The zero-order chi connectivity index (χ0) is 0. The van der Waals surface area contributed by atoms with Crippen molar-refractivity contribution in [3.63, 3.8) is 0 Å². The van der Waals surface area contributed by atoms with Gasteiger partial charge < -0.3 is 0 Å². The standard InChI is InChI=1S/CH4.Al.Fe.Mn.Si/h1H4;;;;. The molecule has 0 fully saturated rings. The third kappa shape index (κ3) is 26.0. The Labute approximate surface area is 69.6 Å². The minimum atomic E-state index is 0. The molecule has 8 radical (unpaired) electrons. The molecule has 0 aliphatic heterocycles. The summed E-state index contributed by atoms with van der Waals surface area (Å²) in [5.74, 6) is 0. The Balaban J connectivity index is 0. The minimum Gasteiger partial charge on any atom is -0.0776 e. The van der Waals surface area contributed by atoms with Crippen LogP contribution in [0.15, 0.2) is 0 Å². The number of rotatable bonds is 0. The monoisotopic (exact) mass is 182 g/mol. The van der Waals surface area contributed by atoms with E-state index < -0.39 is 0 Å². The van der Waals surface area contributed by atoms with Crippen molar-refractivity contribution in [2.75, 3.05) is 0 Å². The van der Waals surface area contributed by atoms with Crippen LogP contribution in [-0.4, -0.2) is 28.3 Å². The third-order valence-electron chi connectivity index (χ3n) is 0. The van der Waals surface area contributed by atoms with Gasteiger partial charge in [0.1, 0.15) is 0 Å². The van der Waals surface area contributed by atoms with E-state index in [0.29, 0.717) is 0 Å². The van der Waals surface area contributed by atoms with E-state index in [2.05, 4.69) is 0 Å². The molecule has 0 aliphatic carbocycles. The van der Waals surface area contributed by atoms with Crippen LogP contribution in [0.3, 0.4) is 0 Å². The Kier molecular flexibility index (Phi) is 590. The van der Waals surface area contributed by atoms with Gasteiger partial charge in [0.05, 0.1) is 0 Å². The van der Waals surface area contributed by atoms with Crippen LogP contribution in [-0.2, 0) is 34.1 Å². The van der Waals surface area contributed by atoms with E-state index >= 15 is 0 Å². The average Bonchev–Trinajstić information content (AvgIpc) is 0. The van der Waals surface area contributed by atoms with Crippen molar-refractivity contribution in [3.8, 4) is 0 Å². The van der Waals surface area contributed by atoms with Crippen molar-refractivity contribution in [3.05, 3.63) is 0 Å². The van der Waals surface area contributed by atoms with Crippen molar-refractivity contribution >= 4 is 28.3 Å². The summed E-state index contributed by atoms with van der Waals surface area (Å²) in [6.07, 6.45) is 0. The quantitative estimate of drug-likeness (QED) is 0.457. The summed E-state index contributed by atoms with van der Waals surface area (Å²) in [6.45, 7) is 0. The predicted octanol–water partition coefficient (Wildman–Crippen LogP) is -0.131. The summed E-state index contributed by atoms with van der Waals surface area (Å²) >= 11 is 0. The van der Waals surface area contributed by atoms with Gasteiger partial charge in [-0.1, -0.05) is 7.43 Å². The van der Waals surface area contributed by atoms with Gasteiger partial charge in [-0.3, -0.25) is 0 Å². The molecule has 0 saturated heterocycles. The van der Waals surface area contributed by atoms with Gasteiger partial charge in [0.2, 0.25) is 0 Å². The maximum Gasteiger partial charge on any atom is 0 e. The topological polar surface area (TPSA) is 0 Å². The summed E-state index contributed by atoms with van der Waals surface area (Å²) in [6, 6.07) is 0. The zero-order valence-corrected chi connectivity index (χ0v) is 6.25. The van der Waals surface area contributed by atoms with E-state index in [1.807, 2.05) is 0 Å². The molecule has 0 bridgehead atoms. The molecule has 0 aromatic rings. The number of hydrogen-bond acceptors (Lipinski definition) is 0. The fourth-order valence-electron chi connectivity index (χ4n) is 0. The maximum atomic E-state index is 0. The molecular weight excluding hydrogens is 178 g/mol. The van der Waals surface area contributed by atoms with Gasteiger partial charge in [-0.2, -0.15) is 0 Å². The molecule has 5 heavy (non-hydrogen) atoms. The Bertz CT molecular complexity index is 11.6. The summed E-state index contributed by atoms with van der Waals surface area (Å²) in [5.41, 5.74) is 0. The normalized spacial score (nSPS) is 0. The second-order valence-corrected chi connectivity index (χ2v) is 0. The predicted molar refractivity (Wildman–Crippen MR) is 18.2 cm³/mol. The Morgan fingerprint density at radius 2 is 1.00 bits per heavy atom. The van der Waals surface area contributed by atoms with Crippen LogP contribution in [0.5, 0.6) is 0 Å². The van der Waals surface area contributed by atoms with Crippen molar-refractivity contribution in [1.29, 1.82) is 0 Å². The van der Waals surface area contributed by atoms with Crippen molar-refractivity contribution in [2.45, 2.75) is 7.43 Å². The first-order chi connectivity index (χ1) is 0. The molecule has 0 amide bonds. The second-order valence-electron chi connectivity index (χ2n) is 0. The molecule has 0 rings (SSSR count). The van der Waals surface area contributed by atoms with Crippen molar-refractivity contribution in [2.24, 2.45) is 0 Å². The van der Waals surface area contributed by atoms with Crippen LogP contribution in [0.1, 0.15) is 7.43 Å². The molecule has 0 saturated carbocycles. The van der Waals surface area contributed by atoms with Gasteiger partial charge in [-0.25, -0.2) is 0 Å². The smallest absolute Gasteiger partial charge is 0 e. The molecule has 0 atom stereocenters. The fourth-order valence-corrected chi connectivity index (χ4v) is 0. The molecule has 0 unspecified atom stereocenters. The molecule has 0 spiro atoms. The van der Waals surface area contributed by atoms with Gasteiger partial charge >= 0.3 is 0 Å². The van der Waals surface area contributed by atoms with Crippen LogP contribution in [0.25, 0.3) is 0 Å². The molecule has 0 nitrogen and oxygen atoms in total. The van der Waals surface area contributed by atoms with Crippen LogP contribution in [0.2, 0.25) is 0 Å². The molecule has 0 N–H and O–H groups in total. The molecule has 0 aliphatic rings. The third-order valence-corrected chi connectivity index (χ3v) is 0. The summed E-state index contributed by atoms with van der Waals surface area (Å²) < 4.78 is 0. The van der Waals surface area contributed by atoms with Gasteiger partial charge in [0, 0.05) is 62.5 Å². The van der Waals surface area contributed by atoms with E-state index in [9.17, 15) is 0 Å². The molecule has 30 valence electrons. The first-order valence-electron chi connectivity index (χ1n) is 0. The summed E-state index contributed by atoms with van der Waals surface area (Å²) in [5, 5.41) is 0. The Morgan fingerprint density at radius 3 is 1.00 bits per heavy atom. The molecule has 0 aromatic carbocycles. The number of hydrogen-bond donors (Lipinski definition) is 0. The maximum absolute atomic E-state index is 0. The molecule has 0 heterocycles. The van der Waals surface area contributed by atoms with Crippen LogP contribution < -0.4 is 0 Å². The van der Waals surface area contributed by atoms with Crippen molar-refractivity contribution < 1.29 is 34.1 Å². The SMILES string of the molecule is C.[Al].[Fe].[Mn].[Si]. The van der Waals surface area contributed by atoms with E-state index in [4.69, 9.17) is 0 Å². The van der Waals surface area contributed by atoms with Gasteiger partial charge in [0.25, 0.3) is 0 Å². The van der Waals surface area contributed by atoms with Crippen LogP contribution >= 0.6 is 0 Å². The van der Waals surface area contributed by atoms with E-state index in [-0.39, 0.29) is 69.9 Å². The summed E-state index contributed by atoms with van der Waals surface area (Å²) in [4.78, 5) is 0. The van der Waals surface area contributed by atoms with Crippen LogP contribution in [0.4, 0.5) is 0 Å². The van der Waals surface area contributed by atoms with Crippen LogP contribution in [0, 0.1) is 0 Å². The first kappa shape index (κ1) is 71.1.